The van der Waals surface area contributed by atoms with E-state index >= 15 is 0 Å². The summed E-state index contributed by atoms with van der Waals surface area (Å²) in [5.74, 6) is 0.0651. The van der Waals surface area contributed by atoms with E-state index in [-0.39, 0.29) is 18.1 Å². The van der Waals surface area contributed by atoms with E-state index in [9.17, 15) is 4.79 Å². The van der Waals surface area contributed by atoms with Gasteiger partial charge in [-0.05, 0) is 61.7 Å². The number of benzene rings is 1. The first-order chi connectivity index (χ1) is 13.0. The van der Waals surface area contributed by atoms with E-state index in [0.717, 1.165) is 38.1 Å². The van der Waals surface area contributed by atoms with Crippen LogP contribution in [0.15, 0.2) is 35.7 Å². The highest BCUT2D eigenvalue weighted by molar-refractivity contribution is 7.09. The fourth-order valence-corrected chi connectivity index (χ4v) is 4.24. The second-order valence-corrected chi connectivity index (χ2v) is 8.55. The molecule has 3 rings (SSSR count). The van der Waals surface area contributed by atoms with Gasteiger partial charge >= 0.3 is 0 Å². The molecule has 2 heterocycles. The van der Waals surface area contributed by atoms with Gasteiger partial charge in [0.05, 0.1) is 18.7 Å². The normalized spacial score (nSPS) is 18.0. The van der Waals surface area contributed by atoms with Crippen LogP contribution in [0.5, 0.6) is 0 Å². The third-order valence-corrected chi connectivity index (χ3v) is 6.08. The van der Waals surface area contributed by atoms with Crippen molar-refractivity contribution in [3.63, 3.8) is 0 Å². The molecule has 1 aromatic heterocycles. The maximum atomic E-state index is 12.7. The molecule has 0 saturated carbocycles. The lowest BCUT2D eigenvalue weighted by Gasteiger charge is -2.25. The van der Waals surface area contributed by atoms with Crippen LogP contribution in [0, 0.1) is 13.8 Å². The second-order valence-electron chi connectivity index (χ2n) is 7.52. The second kappa shape index (κ2) is 9.49. The molecule has 1 fully saturated rings. The van der Waals surface area contributed by atoms with Gasteiger partial charge in [-0.15, -0.1) is 11.3 Å². The first-order valence-electron chi connectivity index (χ1n) is 9.74. The molecule has 27 heavy (non-hydrogen) atoms. The lowest BCUT2D eigenvalue weighted by Crippen LogP contribution is -2.41. The number of rotatable bonds is 8. The van der Waals surface area contributed by atoms with Crippen LogP contribution in [-0.4, -0.2) is 36.6 Å². The van der Waals surface area contributed by atoms with Gasteiger partial charge in [0.1, 0.15) is 0 Å². The lowest BCUT2D eigenvalue weighted by atomic mass is 10.0. The fourth-order valence-electron chi connectivity index (χ4n) is 3.49. The zero-order valence-corrected chi connectivity index (χ0v) is 17.3. The highest BCUT2D eigenvalue weighted by Crippen LogP contribution is 2.19. The Labute approximate surface area is 166 Å². The van der Waals surface area contributed by atoms with E-state index in [2.05, 4.69) is 59.8 Å². The maximum absolute atomic E-state index is 12.7. The minimum atomic E-state index is 0.00289. The molecule has 1 aromatic carbocycles. The molecule has 0 aliphatic carbocycles. The molecule has 1 N–H and O–H groups in total. The number of ether oxygens (including phenoxy) is 1. The van der Waals surface area contributed by atoms with E-state index in [4.69, 9.17) is 4.74 Å². The largest absolute Gasteiger partial charge is 0.377 e. The highest BCUT2D eigenvalue weighted by Gasteiger charge is 2.22. The van der Waals surface area contributed by atoms with E-state index in [1.165, 1.54) is 16.0 Å². The molecule has 2 aromatic rings. The summed E-state index contributed by atoms with van der Waals surface area (Å²) in [6.45, 7) is 9.10. The van der Waals surface area contributed by atoms with Crippen molar-refractivity contribution in [2.75, 3.05) is 19.7 Å². The summed E-state index contributed by atoms with van der Waals surface area (Å²) in [6.07, 6.45) is 2.45. The zero-order chi connectivity index (χ0) is 19.2. The molecule has 0 bridgehead atoms. The minimum Gasteiger partial charge on any atom is -0.377 e. The Kier molecular flexibility index (Phi) is 7.05. The smallest absolute Gasteiger partial charge is 0.234 e. The quantitative estimate of drug-likeness (QED) is 0.738. The van der Waals surface area contributed by atoms with Crippen molar-refractivity contribution in [3.8, 4) is 0 Å². The number of carbonyl (C=O) groups is 1. The minimum absolute atomic E-state index is 0.00289. The van der Waals surface area contributed by atoms with E-state index < -0.39 is 0 Å². The van der Waals surface area contributed by atoms with Crippen LogP contribution in [0.2, 0.25) is 0 Å². The Bertz CT molecular complexity index is 739. The molecule has 0 unspecified atom stereocenters. The van der Waals surface area contributed by atoms with Gasteiger partial charge in [-0.2, -0.15) is 0 Å². The van der Waals surface area contributed by atoms with Crippen LogP contribution < -0.4 is 5.32 Å². The third-order valence-electron chi connectivity index (χ3n) is 5.22. The molecule has 4 nitrogen and oxygen atoms in total. The standard InChI is InChI=1S/C22H30N2O2S/c1-16-8-9-19(12-17(16)2)18(3)23-22(25)15-24(13-20-6-4-10-26-20)14-21-7-5-11-27-21/h5,7-9,11-12,18,20H,4,6,10,13-15H2,1-3H3,(H,23,25)/t18-,20-/m0/s1. The molecule has 0 radical (unpaired) electrons. The van der Waals surface area contributed by atoms with Crippen molar-refractivity contribution in [2.45, 2.75) is 52.3 Å². The van der Waals surface area contributed by atoms with Crippen LogP contribution in [0.25, 0.3) is 0 Å². The molecule has 2 atom stereocenters. The van der Waals surface area contributed by atoms with Crippen LogP contribution in [0.3, 0.4) is 0 Å². The van der Waals surface area contributed by atoms with Crippen molar-refractivity contribution in [2.24, 2.45) is 0 Å². The zero-order valence-electron chi connectivity index (χ0n) is 16.5. The Balaban J connectivity index is 1.59. The van der Waals surface area contributed by atoms with Gasteiger partial charge in [0.2, 0.25) is 5.91 Å². The molecular weight excluding hydrogens is 356 g/mol. The summed E-state index contributed by atoms with van der Waals surface area (Å²) in [6, 6.07) is 10.6. The molecule has 5 heteroatoms. The predicted octanol–water partition coefficient (Wildman–Crippen LogP) is 4.22. The maximum Gasteiger partial charge on any atom is 0.234 e. The summed E-state index contributed by atoms with van der Waals surface area (Å²) < 4.78 is 5.79. The van der Waals surface area contributed by atoms with Crippen molar-refractivity contribution in [3.05, 3.63) is 57.3 Å². The van der Waals surface area contributed by atoms with Crippen molar-refractivity contribution in [1.82, 2.24) is 10.2 Å². The number of nitrogens with one attached hydrogen (secondary N) is 1. The number of hydrogen-bond donors (Lipinski definition) is 1. The van der Waals surface area contributed by atoms with E-state index in [0.29, 0.717) is 6.54 Å². The highest BCUT2D eigenvalue weighted by atomic mass is 32.1. The monoisotopic (exact) mass is 386 g/mol. The van der Waals surface area contributed by atoms with Crippen LogP contribution in [0.1, 0.15) is 47.4 Å². The van der Waals surface area contributed by atoms with Crippen molar-refractivity contribution >= 4 is 17.2 Å². The summed E-state index contributed by atoms with van der Waals surface area (Å²) in [4.78, 5) is 16.2. The van der Waals surface area contributed by atoms with E-state index in [1.807, 2.05) is 6.92 Å². The summed E-state index contributed by atoms with van der Waals surface area (Å²) in [7, 11) is 0. The fraction of sp³-hybridized carbons (Fsp3) is 0.500. The van der Waals surface area contributed by atoms with Gasteiger partial charge in [-0.25, -0.2) is 0 Å². The molecule has 1 aliphatic rings. The van der Waals surface area contributed by atoms with Gasteiger partial charge < -0.3 is 10.1 Å². The van der Waals surface area contributed by atoms with Gasteiger partial charge in [0.15, 0.2) is 0 Å². The average Bonchev–Trinajstić information content (AvgIpc) is 3.31. The van der Waals surface area contributed by atoms with Gasteiger partial charge in [-0.3, -0.25) is 9.69 Å². The third kappa shape index (κ3) is 5.89. The Morgan fingerprint density at radius 3 is 2.85 bits per heavy atom. The van der Waals surface area contributed by atoms with Crippen molar-refractivity contribution in [1.29, 1.82) is 0 Å². The number of thiophene rings is 1. The molecule has 146 valence electrons. The van der Waals surface area contributed by atoms with Crippen molar-refractivity contribution < 1.29 is 9.53 Å². The van der Waals surface area contributed by atoms with Crippen LogP contribution in [-0.2, 0) is 16.1 Å². The number of hydrogen-bond acceptors (Lipinski definition) is 4. The van der Waals surface area contributed by atoms with Crippen LogP contribution >= 0.6 is 11.3 Å². The number of nitrogens with zero attached hydrogens (tertiary/aromatic N) is 1. The van der Waals surface area contributed by atoms with Gasteiger partial charge in [-0.1, -0.05) is 24.3 Å². The summed E-state index contributed by atoms with van der Waals surface area (Å²) in [5.41, 5.74) is 3.68. The SMILES string of the molecule is Cc1ccc([C@H](C)NC(=O)CN(Cc2cccs2)C[C@@H]2CCCO2)cc1C. The Morgan fingerprint density at radius 2 is 2.19 bits per heavy atom. The average molecular weight is 387 g/mol. The molecular formula is C22H30N2O2S. The topological polar surface area (TPSA) is 41.6 Å². The Morgan fingerprint density at radius 1 is 1.33 bits per heavy atom. The molecule has 1 saturated heterocycles. The lowest BCUT2D eigenvalue weighted by molar-refractivity contribution is -0.123. The molecule has 1 aliphatic heterocycles. The number of amides is 1. The van der Waals surface area contributed by atoms with Gasteiger partial charge in [0, 0.05) is 24.6 Å². The molecule has 0 spiro atoms. The number of carbonyl (C=O) groups excluding carboxylic acids is 1. The van der Waals surface area contributed by atoms with Crippen LogP contribution in [0.4, 0.5) is 0 Å². The first kappa shape index (κ1) is 20.1. The molecule has 1 amide bonds. The van der Waals surface area contributed by atoms with Gasteiger partial charge in [0.25, 0.3) is 0 Å². The van der Waals surface area contributed by atoms with E-state index in [1.54, 1.807) is 11.3 Å². The predicted molar refractivity (Wildman–Crippen MR) is 111 cm³/mol. The Hall–Kier alpha value is -1.69. The summed E-state index contributed by atoms with van der Waals surface area (Å²) >= 11 is 1.74. The first-order valence-corrected chi connectivity index (χ1v) is 10.6. The number of aryl methyl sites for hydroxylation is 2. The summed E-state index contributed by atoms with van der Waals surface area (Å²) in [5, 5.41) is 5.24.